The first-order chi connectivity index (χ1) is 20.4. The maximum absolute atomic E-state index is 15.7. The van der Waals surface area contributed by atoms with Crippen LogP contribution in [-0.2, 0) is 19.7 Å². The lowest BCUT2D eigenvalue weighted by atomic mass is 9.80. The van der Waals surface area contributed by atoms with Crippen molar-refractivity contribution in [1.82, 2.24) is 19.4 Å². The number of aromatic nitrogens is 2. The summed E-state index contributed by atoms with van der Waals surface area (Å²) in [6.45, 7) is 4.42. The fourth-order valence-electron chi connectivity index (χ4n) is 6.57. The molecule has 0 bridgehead atoms. The summed E-state index contributed by atoms with van der Waals surface area (Å²) < 4.78 is 24.1. The molecular formula is C34H39FN4O3. The van der Waals surface area contributed by atoms with Crippen molar-refractivity contribution in [3.05, 3.63) is 83.2 Å². The first-order valence-electron chi connectivity index (χ1n) is 15.0. The smallest absolute Gasteiger partial charge is 0.335 e. The van der Waals surface area contributed by atoms with Crippen LogP contribution in [0.15, 0.2) is 60.8 Å². The fourth-order valence-corrected chi connectivity index (χ4v) is 6.57. The van der Waals surface area contributed by atoms with E-state index in [-0.39, 0.29) is 11.5 Å². The Kier molecular flexibility index (Phi) is 8.27. The van der Waals surface area contributed by atoms with Crippen LogP contribution in [0.3, 0.4) is 0 Å². The van der Waals surface area contributed by atoms with Gasteiger partial charge in [0.25, 0.3) is 0 Å². The van der Waals surface area contributed by atoms with E-state index in [1.165, 1.54) is 0 Å². The molecule has 0 unspecified atom stereocenters. The van der Waals surface area contributed by atoms with E-state index in [1.54, 1.807) is 18.3 Å². The average Bonchev–Trinajstić information content (AvgIpc) is 3.29. The molecule has 220 valence electrons. The summed E-state index contributed by atoms with van der Waals surface area (Å²) in [5.74, 6) is -0.403. The van der Waals surface area contributed by atoms with Gasteiger partial charge in [0.15, 0.2) is 0 Å². The number of halogens is 1. The molecule has 1 aliphatic carbocycles. The van der Waals surface area contributed by atoms with Crippen LogP contribution in [0.4, 0.5) is 4.39 Å². The van der Waals surface area contributed by atoms with Gasteiger partial charge in [0.2, 0.25) is 0 Å². The molecule has 42 heavy (non-hydrogen) atoms. The van der Waals surface area contributed by atoms with Crippen LogP contribution >= 0.6 is 0 Å². The van der Waals surface area contributed by atoms with Crippen molar-refractivity contribution in [3.8, 4) is 17.0 Å². The molecule has 7 nitrogen and oxygen atoms in total. The lowest BCUT2D eigenvalue weighted by Crippen LogP contribution is -2.35. The van der Waals surface area contributed by atoms with Gasteiger partial charge in [-0.05, 0) is 80.5 Å². The Balaban J connectivity index is 1.50. The number of rotatable bonds is 8. The molecular weight excluding hydrogens is 531 g/mol. The topological polar surface area (TPSA) is 70.8 Å². The standard InChI is InChI=1S/C34H39FN4O3/c1-37(2)15-16-38-17-18-39-31-20-23(34(40)41)10-12-29(31)32(28-8-3-4-9-30(28)35)33(39)27-13-11-26(19-24(27)21-38)42-22-25-7-5-6-14-36-25/h5-7,10-14,19-20,28,30H,3-4,8-9,15-18,21-22H2,1-2H3,(H,40,41)/t28-,30-/m0/s1. The minimum absolute atomic E-state index is 0.217. The third kappa shape index (κ3) is 5.78. The second kappa shape index (κ2) is 12.2. The molecule has 8 heteroatoms. The highest BCUT2D eigenvalue weighted by atomic mass is 19.1. The number of alkyl halides is 1. The fraction of sp³-hybridized carbons (Fsp3) is 0.412. The number of hydrogen-bond acceptors (Lipinski definition) is 5. The minimum Gasteiger partial charge on any atom is -0.487 e. The Morgan fingerprint density at radius 1 is 1.10 bits per heavy atom. The monoisotopic (exact) mass is 570 g/mol. The lowest BCUT2D eigenvalue weighted by molar-refractivity contribution is 0.0697. The molecule has 2 atom stereocenters. The van der Waals surface area contributed by atoms with E-state index < -0.39 is 12.1 Å². The van der Waals surface area contributed by atoms with E-state index in [1.807, 2.05) is 30.3 Å². The van der Waals surface area contributed by atoms with Crippen LogP contribution in [0, 0.1) is 0 Å². The zero-order chi connectivity index (χ0) is 29.2. The summed E-state index contributed by atoms with van der Waals surface area (Å²) in [7, 11) is 4.16. The number of nitrogens with zero attached hydrogens (tertiary/aromatic N) is 4. The van der Waals surface area contributed by atoms with E-state index in [0.29, 0.717) is 19.6 Å². The van der Waals surface area contributed by atoms with Gasteiger partial charge in [-0.3, -0.25) is 9.88 Å². The van der Waals surface area contributed by atoms with E-state index in [4.69, 9.17) is 4.74 Å². The molecule has 2 aromatic carbocycles. The molecule has 1 fully saturated rings. The summed E-state index contributed by atoms with van der Waals surface area (Å²) in [6.07, 6.45) is 4.11. The Morgan fingerprint density at radius 3 is 2.71 bits per heavy atom. The van der Waals surface area contributed by atoms with Crippen LogP contribution in [0.5, 0.6) is 5.75 Å². The number of likely N-dealkylation sites (N-methyl/N-ethyl adjacent to an activating group) is 1. The lowest BCUT2D eigenvalue weighted by Gasteiger charge is -2.31. The Hall–Kier alpha value is -3.75. The zero-order valence-electron chi connectivity index (χ0n) is 24.4. The van der Waals surface area contributed by atoms with Crippen molar-refractivity contribution in [3.63, 3.8) is 0 Å². The summed E-state index contributed by atoms with van der Waals surface area (Å²) in [6, 6.07) is 17.4. The molecule has 0 saturated heterocycles. The van der Waals surface area contributed by atoms with Crippen molar-refractivity contribution in [2.24, 2.45) is 0 Å². The first-order valence-corrected chi connectivity index (χ1v) is 15.0. The van der Waals surface area contributed by atoms with Crippen LogP contribution in [0.2, 0.25) is 0 Å². The molecule has 1 aliphatic heterocycles. The van der Waals surface area contributed by atoms with Crippen LogP contribution < -0.4 is 4.74 Å². The first kappa shape index (κ1) is 28.4. The number of benzene rings is 2. The second-order valence-electron chi connectivity index (χ2n) is 11.9. The molecule has 2 aromatic heterocycles. The van der Waals surface area contributed by atoms with Gasteiger partial charge >= 0.3 is 5.97 Å². The minimum atomic E-state index is -0.955. The molecule has 1 saturated carbocycles. The molecule has 0 spiro atoms. The average molecular weight is 571 g/mol. The van der Waals surface area contributed by atoms with Gasteiger partial charge in [-0.15, -0.1) is 0 Å². The summed E-state index contributed by atoms with van der Waals surface area (Å²) >= 11 is 0. The number of ether oxygens (including phenoxy) is 1. The van der Waals surface area contributed by atoms with E-state index >= 15 is 4.39 Å². The Morgan fingerprint density at radius 2 is 1.95 bits per heavy atom. The SMILES string of the molecule is CN(C)CCN1CCn2c(c([C@H]3CCCC[C@@H]3F)c3ccc(C(=O)O)cc32)-c2ccc(OCc3ccccn3)cc2C1. The Bertz CT molecular complexity index is 1570. The number of pyridine rings is 1. The maximum Gasteiger partial charge on any atom is 0.335 e. The second-order valence-corrected chi connectivity index (χ2v) is 11.9. The maximum atomic E-state index is 15.7. The predicted molar refractivity (Wildman–Crippen MR) is 163 cm³/mol. The van der Waals surface area contributed by atoms with Gasteiger partial charge < -0.3 is 19.3 Å². The molecule has 0 radical (unpaired) electrons. The van der Waals surface area contributed by atoms with Crippen molar-refractivity contribution < 1.29 is 19.0 Å². The molecule has 3 heterocycles. The Labute approximate surface area is 246 Å². The number of fused-ring (bicyclic) bond motifs is 5. The predicted octanol–water partition coefficient (Wildman–Crippen LogP) is 6.35. The third-order valence-electron chi connectivity index (χ3n) is 8.75. The van der Waals surface area contributed by atoms with Gasteiger partial charge in [0, 0.05) is 61.3 Å². The largest absolute Gasteiger partial charge is 0.487 e. The van der Waals surface area contributed by atoms with Crippen molar-refractivity contribution in [2.45, 2.75) is 57.5 Å². The third-order valence-corrected chi connectivity index (χ3v) is 8.75. The highest BCUT2D eigenvalue weighted by molar-refractivity contribution is 5.98. The molecule has 1 N–H and O–H groups in total. The van der Waals surface area contributed by atoms with Gasteiger partial charge in [-0.25, -0.2) is 9.18 Å². The zero-order valence-corrected chi connectivity index (χ0v) is 24.4. The quantitative estimate of drug-likeness (QED) is 0.266. The molecule has 2 aliphatic rings. The summed E-state index contributed by atoms with van der Waals surface area (Å²) in [5.41, 5.74) is 6.23. The highest BCUT2D eigenvalue weighted by Gasteiger charge is 2.34. The van der Waals surface area contributed by atoms with E-state index in [0.717, 1.165) is 90.2 Å². The van der Waals surface area contributed by atoms with Gasteiger partial charge in [0.05, 0.1) is 17.0 Å². The van der Waals surface area contributed by atoms with E-state index in [2.05, 4.69) is 45.6 Å². The normalized spacial score (nSPS) is 19.2. The summed E-state index contributed by atoms with van der Waals surface area (Å²) in [4.78, 5) is 21.0. The van der Waals surface area contributed by atoms with Crippen LogP contribution in [0.1, 0.15) is 58.8 Å². The van der Waals surface area contributed by atoms with Gasteiger partial charge in [-0.1, -0.05) is 25.0 Å². The number of carboxylic acids is 1. The van der Waals surface area contributed by atoms with Gasteiger partial charge in [-0.2, -0.15) is 0 Å². The van der Waals surface area contributed by atoms with Gasteiger partial charge in [0.1, 0.15) is 18.5 Å². The van der Waals surface area contributed by atoms with Crippen molar-refractivity contribution >= 4 is 16.9 Å². The van der Waals surface area contributed by atoms with Crippen LogP contribution in [-0.4, -0.2) is 70.3 Å². The van der Waals surface area contributed by atoms with Crippen molar-refractivity contribution in [2.75, 3.05) is 33.7 Å². The number of aromatic carboxylic acids is 1. The number of hydrogen-bond donors (Lipinski definition) is 1. The molecule has 0 amide bonds. The van der Waals surface area contributed by atoms with E-state index in [9.17, 15) is 9.90 Å². The summed E-state index contributed by atoms with van der Waals surface area (Å²) in [5, 5.41) is 10.8. The molecule has 6 rings (SSSR count). The van der Waals surface area contributed by atoms with Crippen molar-refractivity contribution in [1.29, 1.82) is 0 Å². The number of carbonyl (C=O) groups is 1. The molecule has 4 aromatic rings. The van der Waals surface area contributed by atoms with Crippen LogP contribution in [0.25, 0.3) is 22.2 Å². The highest BCUT2D eigenvalue weighted by Crippen LogP contribution is 2.47. The number of carboxylic acid groups (broad SMARTS) is 1.